The van der Waals surface area contributed by atoms with E-state index in [1.54, 1.807) is 11.3 Å². The fourth-order valence-electron chi connectivity index (χ4n) is 1.97. The number of rotatable bonds is 1. The van der Waals surface area contributed by atoms with Crippen LogP contribution in [0.3, 0.4) is 0 Å². The largest absolute Gasteiger partial charge is 0.369 e. The number of fused-ring (bicyclic) bond motifs is 1. The Morgan fingerprint density at radius 3 is 3.12 bits per heavy atom. The van der Waals surface area contributed by atoms with Crippen molar-refractivity contribution in [2.75, 3.05) is 11.9 Å². The number of aryl methyl sites for hydroxylation is 1. The maximum Gasteiger partial charge on any atom is 0.199 e. The third-order valence-electron chi connectivity index (χ3n) is 2.68. The predicted molar refractivity (Wildman–Crippen MR) is 69.7 cm³/mol. The molecule has 2 aromatic rings. The van der Waals surface area contributed by atoms with Gasteiger partial charge in [-0.3, -0.25) is 0 Å². The molecule has 0 unspecified atom stereocenters. The first-order valence-electron chi connectivity index (χ1n) is 5.16. The summed E-state index contributed by atoms with van der Waals surface area (Å²) in [4.78, 5) is 8.75. The van der Waals surface area contributed by atoms with Crippen LogP contribution in [-0.2, 0) is 6.42 Å². The molecule has 1 aliphatic rings. The average molecular weight is 249 g/mol. The summed E-state index contributed by atoms with van der Waals surface area (Å²) in [5.41, 5.74) is 3.68. The Balaban J connectivity index is 2.24. The van der Waals surface area contributed by atoms with Gasteiger partial charge in [0, 0.05) is 12.1 Å². The first kappa shape index (κ1) is 9.99. The molecule has 1 aliphatic heterocycles. The minimum Gasteiger partial charge on any atom is -0.369 e. The smallest absolute Gasteiger partial charge is 0.199 e. The average Bonchev–Trinajstić information content (AvgIpc) is 2.84. The molecule has 0 spiro atoms. The van der Waals surface area contributed by atoms with Crippen molar-refractivity contribution in [2.45, 2.75) is 13.3 Å². The summed E-state index contributed by atoms with van der Waals surface area (Å²) in [6.45, 7) is 3.06. The van der Waals surface area contributed by atoms with Gasteiger partial charge < -0.3 is 10.3 Å². The quantitative estimate of drug-likeness (QED) is 0.763. The summed E-state index contributed by atoms with van der Waals surface area (Å²) >= 11 is 6.89. The highest BCUT2D eigenvalue weighted by molar-refractivity contribution is 7.71. The second-order valence-corrected chi connectivity index (χ2v) is 5.21. The van der Waals surface area contributed by atoms with Gasteiger partial charge in [0.1, 0.15) is 5.82 Å². The maximum absolute atomic E-state index is 5.15. The Hall–Kier alpha value is -1.20. The van der Waals surface area contributed by atoms with Crippen LogP contribution in [0.15, 0.2) is 11.4 Å². The molecule has 0 aliphatic carbocycles. The fourth-order valence-corrected chi connectivity index (χ4v) is 3.09. The van der Waals surface area contributed by atoms with E-state index < -0.39 is 0 Å². The van der Waals surface area contributed by atoms with Crippen LogP contribution in [0, 0.1) is 11.7 Å². The lowest BCUT2D eigenvalue weighted by molar-refractivity contribution is 1.09. The lowest BCUT2D eigenvalue weighted by atomic mass is 10.1. The minimum absolute atomic E-state index is 0.550. The summed E-state index contributed by atoms with van der Waals surface area (Å²) in [5, 5.41) is 5.42. The summed E-state index contributed by atoms with van der Waals surface area (Å²) in [6, 6.07) is 2.18. The molecule has 3 nitrogen and oxygen atoms in total. The standard InChI is InChI=1S/C11H11N3S2/c1-6-4-8(16-5-6)9-7-2-3-12-10(7)14-11(15)13-9/h4-5H,2-3H2,1H3,(H2,12,13,14,15). The molecular weight excluding hydrogens is 238 g/mol. The number of aromatic nitrogens is 2. The van der Waals surface area contributed by atoms with Crippen LogP contribution in [0.5, 0.6) is 0 Å². The topological polar surface area (TPSA) is 40.7 Å². The molecule has 0 fully saturated rings. The summed E-state index contributed by atoms with van der Waals surface area (Å²) < 4.78 is 0.550. The van der Waals surface area contributed by atoms with Crippen molar-refractivity contribution in [3.63, 3.8) is 0 Å². The Morgan fingerprint density at radius 2 is 2.38 bits per heavy atom. The SMILES string of the molecule is Cc1csc(-c2[nH]c(=S)nc3c2CCN3)c1. The van der Waals surface area contributed by atoms with E-state index in [1.165, 1.54) is 16.0 Å². The van der Waals surface area contributed by atoms with Gasteiger partial charge in [-0.25, -0.2) is 4.98 Å². The Kier molecular flexibility index (Phi) is 2.29. The van der Waals surface area contributed by atoms with Crippen molar-refractivity contribution in [1.29, 1.82) is 0 Å². The van der Waals surface area contributed by atoms with Gasteiger partial charge in [0.05, 0.1) is 10.6 Å². The second kappa shape index (κ2) is 3.68. The summed E-state index contributed by atoms with van der Waals surface area (Å²) in [7, 11) is 0. The first-order valence-corrected chi connectivity index (χ1v) is 6.45. The lowest BCUT2D eigenvalue weighted by Gasteiger charge is -2.04. The highest BCUT2D eigenvalue weighted by Crippen LogP contribution is 2.33. The fraction of sp³-hybridized carbons (Fsp3) is 0.273. The van der Waals surface area contributed by atoms with Gasteiger partial charge in [0.2, 0.25) is 0 Å². The molecule has 0 aromatic carbocycles. The number of hydrogen-bond donors (Lipinski definition) is 2. The van der Waals surface area contributed by atoms with Gasteiger partial charge in [0.25, 0.3) is 0 Å². The van der Waals surface area contributed by atoms with Crippen LogP contribution in [0.1, 0.15) is 11.1 Å². The van der Waals surface area contributed by atoms with E-state index in [9.17, 15) is 0 Å². The van der Waals surface area contributed by atoms with Crippen LogP contribution in [0.2, 0.25) is 0 Å². The van der Waals surface area contributed by atoms with E-state index in [4.69, 9.17) is 12.2 Å². The molecule has 0 saturated carbocycles. The van der Waals surface area contributed by atoms with E-state index in [2.05, 4.69) is 33.7 Å². The normalized spacial score (nSPS) is 13.6. The highest BCUT2D eigenvalue weighted by atomic mass is 32.1. The third kappa shape index (κ3) is 1.56. The number of thiophene rings is 1. The van der Waals surface area contributed by atoms with Crippen molar-refractivity contribution in [2.24, 2.45) is 0 Å². The van der Waals surface area contributed by atoms with Crippen molar-refractivity contribution < 1.29 is 0 Å². The maximum atomic E-state index is 5.15. The van der Waals surface area contributed by atoms with Gasteiger partial charge in [-0.05, 0) is 42.6 Å². The summed E-state index contributed by atoms with van der Waals surface area (Å²) in [5.74, 6) is 0.949. The first-order chi connectivity index (χ1) is 7.74. The number of anilines is 1. The molecule has 82 valence electrons. The highest BCUT2D eigenvalue weighted by Gasteiger charge is 2.18. The number of aromatic amines is 1. The lowest BCUT2D eigenvalue weighted by Crippen LogP contribution is -1.95. The molecule has 2 N–H and O–H groups in total. The van der Waals surface area contributed by atoms with Gasteiger partial charge in [-0.2, -0.15) is 0 Å². The van der Waals surface area contributed by atoms with Crippen LogP contribution >= 0.6 is 23.6 Å². The number of nitrogens with zero attached hydrogens (tertiary/aromatic N) is 1. The number of hydrogen-bond acceptors (Lipinski definition) is 4. The zero-order valence-corrected chi connectivity index (χ0v) is 10.5. The van der Waals surface area contributed by atoms with Crippen molar-refractivity contribution in [3.05, 3.63) is 27.3 Å². The van der Waals surface area contributed by atoms with Crippen molar-refractivity contribution in [1.82, 2.24) is 9.97 Å². The van der Waals surface area contributed by atoms with E-state index in [-0.39, 0.29) is 0 Å². The van der Waals surface area contributed by atoms with Crippen molar-refractivity contribution >= 4 is 29.4 Å². The molecule has 3 heterocycles. The van der Waals surface area contributed by atoms with Crippen LogP contribution in [0.4, 0.5) is 5.82 Å². The van der Waals surface area contributed by atoms with Crippen LogP contribution in [-0.4, -0.2) is 16.5 Å². The molecule has 2 aromatic heterocycles. The van der Waals surface area contributed by atoms with Gasteiger partial charge >= 0.3 is 0 Å². The van der Waals surface area contributed by atoms with Gasteiger partial charge in [-0.1, -0.05) is 0 Å². The molecule has 0 atom stereocenters. The number of nitrogens with one attached hydrogen (secondary N) is 2. The zero-order chi connectivity index (χ0) is 11.1. The molecule has 5 heteroatoms. The molecule has 16 heavy (non-hydrogen) atoms. The molecule has 0 saturated heterocycles. The van der Waals surface area contributed by atoms with Gasteiger partial charge in [-0.15, -0.1) is 11.3 Å². The molecule has 0 radical (unpaired) electrons. The van der Waals surface area contributed by atoms with Gasteiger partial charge in [0.15, 0.2) is 4.77 Å². The van der Waals surface area contributed by atoms with E-state index in [0.29, 0.717) is 4.77 Å². The Labute approximate surface area is 103 Å². The minimum atomic E-state index is 0.550. The van der Waals surface area contributed by atoms with Crippen LogP contribution < -0.4 is 5.32 Å². The van der Waals surface area contributed by atoms with Crippen LogP contribution in [0.25, 0.3) is 10.6 Å². The molecule has 0 bridgehead atoms. The van der Waals surface area contributed by atoms with E-state index >= 15 is 0 Å². The monoisotopic (exact) mass is 249 g/mol. The number of H-pyrrole nitrogens is 1. The predicted octanol–water partition coefficient (Wildman–Crippen LogP) is 3.14. The van der Waals surface area contributed by atoms with E-state index in [0.717, 1.165) is 24.5 Å². The third-order valence-corrected chi connectivity index (χ3v) is 3.94. The molecule has 3 rings (SSSR count). The Bertz CT molecular complexity index is 598. The second-order valence-electron chi connectivity index (χ2n) is 3.91. The Morgan fingerprint density at radius 1 is 1.50 bits per heavy atom. The summed E-state index contributed by atoms with van der Waals surface area (Å²) in [6.07, 6.45) is 1.01. The van der Waals surface area contributed by atoms with E-state index in [1.807, 2.05) is 0 Å². The molecular formula is C11H11N3S2. The zero-order valence-electron chi connectivity index (χ0n) is 8.83. The van der Waals surface area contributed by atoms with Crippen molar-refractivity contribution in [3.8, 4) is 10.6 Å². The molecule has 0 amide bonds.